The molecule has 0 spiro atoms. The topological polar surface area (TPSA) is 79.3 Å². The normalized spacial score (nSPS) is 11.9. The Bertz CT molecular complexity index is 687. The van der Waals surface area contributed by atoms with E-state index in [1.165, 1.54) is 11.3 Å². The first-order valence-electron chi connectivity index (χ1n) is 6.67. The molecule has 0 saturated heterocycles. The highest BCUT2D eigenvalue weighted by molar-refractivity contribution is 7.13. The fourth-order valence-electron chi connectivity index (χ4n) is 1.86. The third-order valence-electron chi connectivity index (χ3n) is 2.98. The molecular weight excluding hydrogens is 324 g/mol. The lowest BCUT2D eigenvalue weighted by atomic mass is 10.1. The minimum Gasteiger partial charge on any atom is -0.481 e. The van der Waals surface area contributed by atoms with Crippen LogP contribution in [-0.2, 0) is 4.79 Å². The van der Waals surface area contributed by atoms with Crippen LogP contribution in [0.5, 0.6) is 0 Å². The highest BCUT2D eigenvalue weighted by Crippen LogP contribution is 2.29. The van der Waals surface area contributed by atoms with E-state index in [1.807, 2.05) is 18.2 Å². The number of nitrogens with zero attached hydrogens (tertiary/aromatic N) is 1. The summed E-state index contributed by atoms with van der Waals surface area (Å²) in [6, 6.07) is 7.30. The van der Waals surface area contributed by atoms with Gasteiger partial charge < -0.3 is 10.4 Å². The molecule has 0 radical (unpaired) electrons. The van der Waals surface area contributed by atoms with Gasteiger partial charge in [-0.2, -0.15) is 0 Å². The maximum absolute atomic E-state index is 12.0. The van der Waals surface area contributed by atoms with E-state index >= 15 is 0 Å². The summed E-state index contributed by atoms with van der Waals surface area (Å²) < 4.78 is 0. The molecule has 1 atom stereocenters. The first-order valence-corrected chi connectivity index (χ1v) is 7.93. The molecule has 2 rings (SSSR count). The highest BCUT2D eigenvalue weighted by Gasteiger charge is 2.15. The number of aromatic nitrogens is 1. The van der Waals surface area contributed by atoms with E-state index in [9.17, 15) is 9.59 Å². The van der Waals surface area contributed by atoms with Crippen LogP contribution in [0.15, 0.2) is 29.6 Å². The number of carboxylic acids is 1. The van der Waals surface area contributed by atoms with E-state index in [2.05, 4.69) is 10.3 Å². The first-order chi connectivity index (χ1) is 10.5. The molecule has 0 aliphatic rings. The monoisotopic (exact) mass is 338 g/mol. The Morgan fingerprint density at radius 3 is 2.82 bits per heavy atom. The fraction of sp³-hybridized carbons (Fsp3) is 0.267. The van der Waals surface area contributed by atoms with E-state index in [0.717, 1.165) is 5.56 Å². The van der Waals surface area contributed by atoms with E-state index in [4.69, 9.17) is 16.7 Å². The van der Waals surface area contributed by atoms with Gasteiger partial charge in [0.15, 0.2) is 0 Å². The van der Waals surface area contributed by atoms with Gasteiger partial charge in [0.25, 0.3) is 5.91 Å². The number of nitrogens with one attached hydrogen (secondary N) is 1. The molecule has 1 heterocycles. The summed E-state index contributed by atoms with van der Waals surface area (Å²) in [6.45, 7) is 2.06. The van der Waals surface area contributed by atoms with Gasteiger partial charge in [0.1, 0.15) is 10.7 Å². The fourth-order valence-corrected chi connectivity index (χ4v) is 2.98. The Morgan fingerprint density at radius 2 is 2.14 bits per heavy atom. The van der Waals surface area contributed by atoms with E-state index < -0.39 is 5.97 Å². The van der Waals surface area contributed by atoms with Crippen molar-refractivity contribution >= 4 is 34.8 Å². The second kappa shape index (κ2) is 7.38. The lowest BCUT2D eigenvalue weighted by Gasteiger charge is -2.09. The van der Waals surface area contributed by atoms with Crippen LogP contribution in [0.2, 0.25) is 5.02 Å². The van der Waals surface area contributed by atoms with Gasteiger partial charge in [-0.1, -0.05) is 36.7 Å². The number of halogens is 1. The summed E-state index contributed by atoms with van der Waals surface area (Å²) in [6.07, 6.45) is 0.0161. The van der Waals surface area contributed by atoms with Crippen molar-refractivity contribution in [3.63, 3.8) is 0 Å². The largest absolute Gasteiger partial charge is 0.481 e. The molecule has 116 valence electrons. The van der Waals surface area contributed by atoms with Gasteiger partial charge in [-0.25, -0.2) is 4.98 Å². The molecule has 0 fully saturated rings. The van der Waals surface area contributed by atoms with E-state index in [0.29, 0.717) is 22.3 Å². The van der Waals surface area contributed by atoms with Gasteiger partial charge in [0.2, 0.25) is 0 Å². The third kappa shape index (κ3) is 4.29. The Hall–Kier alpha value is -1.92. The van der Waals surface area contributed by atoms with Gasteiger partial charge in [0, 0.05) is 23.9 Å². The zero-order valence-corrected chi connectivity index (χ0v) is 13.4. The summed E-state index contributed by atoms with van der Waals surface area (Å²) in [5, 5.41) is 14.3. The van der Waals surface area contributed by atoms with Crippen molar-refractivity contribution in [1.29, 1.82) is 0 Å². The van der Waals surface area contributed by atoms with Gasteiger partial charge in [0.05, 0.1) is 5.02 Å². The molecule has 2 N–H and O–H groups in total. The molecule has 1 unspecified atom stereocenters. The predicted octanol–water partition coefficient (Wildman–Crippen LogP) is 3.30. The van der Waals surface area contributed by atoms with Crippen LogP contribution in [0.1, 0.15) is 23.8 Å². The average molecular weight is 339 g/mol. The molecule has 22 heavy (non-hydrogen) atoms. The Kier molecular flexibility index (Phi) is 5.51. The van der Waals surface area contributed by atoms with Crippen LogP contribution < -0.4 is 5.32 Å². The number of thiazole rings is 1. The molecule has 5 nitrogen and oxygen atoms in total. The molecule has 0 bridgehead atoms. The number of hydrogen-bond donors (Lipinski definition) is 2. The number of rotatable bonds is 6. The van der Waals surface area contributed by atoms with Gasteiger partial charge in [-0.3, -0.25) is 9.59 Å². The number of aliphatic carboxylic acids is 1. The molecule has 0 saturated carbocycles. The van der Waals surface area contributed by atoms with E-state index in [1.54, 1.807) is 18.4 Å². The molecule has 2 aromatic rings. The standard InChI is InChI=1S/C15H15ClN2O3S/c1-9(6-13(19)20)7-17-14(21)12-8-22-15(18-12)10-4-2-3-5-11(10)16/h2-5,8-9H,6-7H2,1H3,(H,17,21)(H,19,20). The molecule has 1 aromatic heterocycles. The summed E-state index contributed by atoms with van der Waals surface area (Å²) >= 11 is 7.45. The summed E-state index contributed by atoms with van der Waals surface area (Å²) in [7, 11) is 0. The Labute approximate surface area is 137 Å². The summed E-state index contributed by atoms with van der Waals surface area (Å²) in [5.74, 6) is -1.33. The smallest absolute Gasteiger partial charge is 0.303 e. The van der Waals surface area contributed by atoms with Gasteiger partial charge in [-0.05, 0) is 12.0 Å². The zero-order chi connectivity index (χ0) is 16.1. The van der Waals surface area contributed by atoms with Crippen LogP contribution in [0, 0.1) is 5.92 Å². The SMILES string of the molecule is CC(CNC(=O)c1csc(-c2ccccc2Cl)n1)CC(=O)O. The van der Waals surface area contributed by atoms with Gasteiger partial charge in [-0.15, -0.1) is 11.3 Å². The van der Waals surface area contributed by atoms with Crippen LogP contribution in [0.25, 0.3) is 10.6 Å². The van der Waals surface area contributed by atoms with Crippen molar-refractivity contribution in [3.8, 4) is 10.6 Å². The van der Waals surface area contributed by atoms with Crippen molar-refractivity contribution in [2.24, 2.45) is 5.92 Å². The molecule has 1 amide bonds. The van der Waals surface area contributed by atoms with Crippen molar-refractivity contribution in [1.82, 2.24) is 10.3 Å². The van der Waals surface area contributed by atoms with Crippen LogP contribution in [-0.4, -0.2) is 28.5 Å². The average Bonchev–Trinajstić information content (AvgIpc) is 2.94. The number of carboxylic acid groups (broad SMARTS) is 1. The van der Waals surface area contributed by atoms with Crippen molar-refractivity contribution < 1.29 is 14.7 Å². The minimum atomic E-state index is -0.878. The quantitative estimate of drug-likeness (QED) is 0.847. The van der Waals surface area contributed by atoms with Crippen molar-refractivity contribution in [2.45, 2.75) is 13.3 Å². The molecule has 7 heteroatoms. The van der Waals surface area contributed by atoms with E-state index in [-0.39, 0.29) is 18.2 Å². The molecule has 1 aromatic carbocycles. The second-order valence-electron chi connectivity index (χ2n) is 4.93. The second-order valence-corrected chi connectivity index (χ2v) is 6.20. The summed E-state index contributed by atoms with van der Waals surface area (Å²) in [5.41, 5.74) is 1.09. The van der Waals surface area contributed by atoms with Crippen molar-refractivity contribution in [3.05, 3.63) is 40.4 Å². The maximum Gasteiger partial charge on any atom is 0.303 e. The summed E-state index contributed by atoms with van der Waals surface area (Å²) in [4.78, 5) is 26.9. The lowest BCUT2D eigenvalue weighted by molar-refractivity contribution is -0.137. The van der Waals surface area contributed by atoms with Crippen LogP contribution in [0.4, 0.5) is 0 Å². The number of hydrogen-bond acceptors (Lipinski definition) is 4. The van der Waals surface area contributed by atoms with Gasteiger partial charge >= 0.3 is 5.97 Å². The highest BCUT2D eigenvalue weighted by atomic mass is 35.5. The number of carbonyl (C=O) groups is 2. The molecule has 0 aliphatic heterocycles. The van der Waals surface area contributed by atoms with Crippen LogP contribution >= 0.6 is 22.9 Å². The first kappa shape index (κ1) is 16.5. The van der Waals surface area contributed by atoms with Crippen LogP contribution in [0.3, 0.4) is 0 Å². The maximum atomic E-state index is 12.0. The van der Waals surface area contributed by atoms with Crippen molar-refractivity contribution in [2.75, 3.05) is 6.54 Å². The third-order valence-corrected chi connectivity index (χ3v) is 4.18. The predicted molar refractivity (Wildman–Crippen MR) is 86.3 cm³/mol. The lowest BCUT2D eigenvalue weighted by Crippen LogP contribution is -2.29. The molecular formula is C15H15ClN2O3S. The Morgan fingerprint density at radius 1 is 1.41 bits per heavy atom. The molecule has 0 aliphatic carbocycles. The number of benzene rings is 1. The zero-order valence-electron chi connectivity index (χ0n) is 11.9. The minimum absolute atomic E-state index is 0.0161. The number of carbonyl (C=O) groups excluding carboxylic acids is 1. The number of amides is 1. The Balaban J connectivity index is 2.01.